The standard InChI is InChI=1S/C10H16O.C6H8F4O5S.Na/c11-10-4-7-1-8(5-10)3-9(2-7)6-10;1-3(15-4(2)11)5(7,8)6(9,10)16(12,13)14;/h7-9,11H,1-6H2;3H,1-2H3,(H,12,13,14);/q;;+1/p-1. The number of hydrogen-bond donors (Lipinski definition) is 1. The Balaban J connectivity index is 0.000000282. The van der Waals surface area contributed by atoms with Crippen molar-refractivity contribution < 1.29 is 74.7 Å². The number of carbonyl (C=O) groups excluding carboxylic acids is 1. The Morgan fingerprint density at radius 3 is 1.71 bits per heavy atom. The topological polar surface area (TPSA) is 104 Å². The molecule has 4 rings (SSSR count). The van der Waals surface area contributed by atoms with Crippen molar-refractivity contribution in [2.24, 2.45) is 17.8 Å². The smallest absolute Gasteiger partial charge is 0.743 e. The number of rotatable bonds is 4. The molecule has 4 aliphatic carbocycles. The molecule has 28 heavy (non-hydrogen) atoms. The molecular weight excluding hydrogens is 419 g/mol. The number of carbonyl (C=O) groups is 1. The van der Waals surface area contributed by atoms with Gasteiger partial charge in [-0.1, -0.05) is 0 Å². The van der Waals surface area contributed by atoms with Gasteiger partial charge in [-0.2, -0.15) is 17.6 Å². The van der Waals surface area contributed by atoms with E-state index in [0.29, 0.717) is 13.8 Å². The van der Waals surface area contributed by atoms with Gasteiger partial charge in [0.05, 0.1) is 5.60 Å². The molecule has 158 valence electrons. The third kappa shape index (κ3) is 5.40. The first-order valence-corrected chi connectivity index (χ1v) is 10.1. The van der Waals surface area contributed by atoms with E-state index in [2.05, 4.69) is 4.74 Å². The van der Waals surface area contributed by atoms with E-state index in [0.717, 1.165) is 37.0 Å². The first kappa shape index (κ1) is 26.1. The maximum atomic E-state index is 12.8. The fraction of sp³-hybridized carbons (Fsp3) is 0.938. The minimum Gasteiger partial charge on any atom is -0.743 e. The normalized spacial score (nSPS) is 32.6. The zero-order valence-electron chi connectivity index (χ0n) is 16.0. The average Bonchev–Trinajstić information content (AvgIpc) is 2.42. The van der Waals surface area contributed by atoms with Gasteiger partial charge in [0.2, 0.25) is 0 Å². The summed E-state index contributed by atoms with van der Waals surface area (Å²) in [5, 5.41) is 4.25. The molecule has 0 aromatic carbocycles. The Morgan fingerprint density at radius 2 is 1.46 bits per heavy atom. The van der Waals surface area contributed by atoms with Crippen LogP contribution in [0.1, 0.15) is 52.4 Å². The molecule has 0 radical (unpaired) electrons. The van der Waals surface area contributed by atoms with Crippen LogP contribution in [-0.4, -0.2) is 46.9 Å². The fourth-order valence-electron chi connectivity index (χ4n) is 4.79. The number of aliphatic hydroxyl groups is 1. The van der Waals surface area contributed by atoms with Crippen molar-refractivity contribution in [2.45, 2.75) is 75.3 Å². The summed E-state index contributed by atoms with van der Waals surface area (Å²) in [7, 11) is -6.57. The predicted octanol–water partition coefficient (Wildman–Crippen LogP) is -0.337. The monoisotopic (exact) mass is 442 g/mol. The second kappa shape index (κ2) is 8.66. The van der Waals surface area contributed by atoms with Crippen molar-refractivity contribution >= 4 is 16.1 Å². The van der Waals surface area contributed by atoms with Crippen molar-refractivity contribution in [2.75, 3.05) is 0 Å². The summed E-state index contributed by atoms with van der Waals surface area (Å²) in [5.41, 5.74) is -0.200. The summed E-state index contributed by atoms with van der Waals surface area (Å²) < 4.78 is 84.4. The van der Waals surface area contributed by atoms with Crippen LogP contribution in [0.4, 0.5) is 17.6 Å². The molecule has 0 aromatic rings. The van der Waals surface area contributed by atoms with Gasteiger partial charge in [-0.15, -0.1) is 0 Å². The number of halogens is 4. The van der Waals surface area contributed by atoms with Crippen molar-refractivity contribution in [3.63, 3.8) is 0 Å². The fourth-order valence-corrected chi connectivity index (χ4v) is 5.29. The molecule has 0 saturated heterocycles. The van der Waals surface area contributed by atoms with Crippen LogP contribution in [0.2, 0.25) is 0 Å². The Labute approximate surface area is 183 Å². The van der Waals surface area contributed by atoms with Crippen LogP contribution >= 0.6 is 0 Å². The summed E-state index contributed by atoms with van der Waals surface area (Å²) in [6.07, 6.45) is 4.92. The first-order chi connectivity index (χ1) is 12.1. The van der Waals surface area contributed by atoms with Crippen LogP contribution in [0.15, 0.2) is 0 Å². The van der Waals surface area contributed by atoms with Gasteiger partial charge in [0, 0.05) is 6.92 Å². The third-order valence-corrected chi connectivity index (χ3v) is 6.46. The number of alkyl halides is 4. The quantitative estimate of drug-likeness (QED) is 0.277. The van der Waals surface area contributed by atoms with Crippen LogP contribution in [0.3, 0.4) is 0 Å². The predicted molar refractivity (Wildman–Crippen MR) is 83.9 cm³/mol. The Hall–Kier alpha value is 0.0600. The molecule has 6 nitrogen and oxygen atoms in total. The van der Waals surface area contributed by atoms with Crippen molar-refractivity contribution in [1.29, 1.82) is 0 Å². The van der Waals surface area contributed by atoms with E-state index >= 15 is 0 Å². The van der Waals surface area contributed by atoms with Crippen LogP contribution in [-0.2, 0) is 19.6 Å². The zero-order valence-corrected chi connectivity index (χ0v) is 18.8. The Bertz CT molecular complexity index is 649. The SMILES string of the molecule is CC(=O)OC(C)C(F)(F)C(F)(F)S(=O)(=O)[O-].OC12CC3CC(CC(C3)C1)C2.[Na+]. The van der Waals surface area contributed by atoms with E-state index in [-0.39, 0.29) is 35.2 Å². The van der Waals surface area contributed by atoms with Crippen molar-refractivity contribution in [1.82, 2.24) is 0 Å². The summed E-state index contributed by atoms with van der Waals surface area (Å²) in [6, 6.07) is 0. The van der Waals surface area contributed by atoms with Crippen LogP contribution in [0.25, 0.3) is 0 Å². The van der Waals surface area contributed by atoms with E-state index in [1.807, 2.05) is 0 Å². The van der Waals surface area contributed by atoms with E-state index in [1.54, 1.807) is 0 Å². The summed E-state index contributed by atoms with van der Waals surface area (Å²) in [6.45, 7) is 1.01. The molecule has 4 saturated carbocycles. The molecule has 4 aliphatic rings. The molecule has 1 unspecified atom stereocenters. The molecule has 4 bridgehead atoms. The molecule has 0 aromatic heterocycles. The van der Waals surface area contributed by atoms with Gasteiger partial charge >= 0.3 is 46.7 Å². The van der Waals surface area contributed by atoms with Gasteiger partial charge in [-0.05, 0) is 63.2 Å². The Kier molecular flexibility index (Phi) is 8.07. The summed E-state index contributed by atoms with van der Waals surface area (Å²) in [5.74, 6) is -3.94. The van der Waals surface area contributed by atoms with Crippen LogP contribution in [0.5, 0.6) is 0 Å². The molecule has 12 heteroatoms. The van der Waals surface area contributed by atoms with Gasteiger partial charge in [-0.25, -0.2) is 8.42 Å². The van der Waals surface area contributed by atoms with E-state index in [1.165, 1.54) is 19.3 Å². The molecule has 0 aliphatic heterocycles. The van der Waals surface area contributed by atoms with E-state index < -0.39 is 33.4 Å². The van der Waals surface area contributed by atoms with Crippen LogP contribution in [0, 0.1) is 17.8 Å². The van der Waals surface area contributed by atoms with Gasteiger partial charge in [0.15, 0.2) is 16.2 Å². The maximum Gasteiger partial charge on any atom is 1.00 e. The van der Waals surface area contributed by atoms with Gasteiger partial charge in [0.1, 0.15) is 0 Å². The third-order valence-electron chi connectivity index (χ3n) is 5.56. The minimum atomic E-state index is -6.57. The molecule has 1 atom stereocenters. The minimum absolute atomic E-state index is 0. The number of ether oxygens (including phenoxy) is 1. The summed E-state index contributed by atoms with van der Waals surface area (Å²) >= 11 is 0. The molecule has 4 fully saturated rings. The molecular formula is C16H23F4NaO6S. The van der Waals surface area contributed by atoms with Crippen LogP contribution < -0.4 is 29.6 Å². The molecule has 0 heterocycles. The first-order valence-electron chi connectivity index (χ1n) is 8.68. The largest absolute Gasteiger partial charge is 1.00 e. The van der Waals surface area contributed by atoms with E-state index in [4.69, 9.17) is 0 Å². The zero-order chi connectivity index (χ0) is 20.8. The van der Waals surface area contributed by atoms with Gasteiger partial charge in [0.25, 0.3) is 0 Å². The second-order valence-corrected chi connectivity index (χ2v) is 9.41. The van der Waals surface area contributed by atoms with Crippen molar-refractivity contribution in [3.05, 3.63) is 0 Å². The van der Waals surface area contributed by atoms with E-state index in [9.17, 15) is 40.4 Å². The number of esters is 1. The maximum absolute atomic E-state index is 12.8. The molecule has 1 N–H and O–H groups in total. The average molecular weight is 442 g/mol. The summed E-state index contributed by atoms with van der Waals surface area (Å²) in [4.78, 5) is 10.2. The Morgan fingerprint density at radius 1 is 1.11 bits per heavy atom. The molecule has 0 spiro atoms. The molecule has 0 amide bonds. The second-order valence-electron chi connectivity index (χ2n) is 7.99. The van der Waals surface area contributed by atoms with Crippen molar-refractivity contribution in [3.8, 4) is 0 Å². The van der Waals surface area contributed by atoms with Gasteiger partial charge in [-0.3, -0.25) is 4.79 Å². The number of hydrogen-bond acceptors (Lipinski definition) is 6. The van der Waals surface area contributed by atoms with Gasteiger partial charge < -0.3 is 14.4 Å².